The van der Waals surface area contributed by atoms with Gasteiger partial charge in [-0.1, -0.05) is 0 Å². The van der Waals surface area contributed by atoms with E-state index in [0.717, 1.165) is 0 Å². The molecule has 0 aromatic carbocycles. The molecule has 0 amide bonds. The van der Waals surface area contributed by atoms with Crippen molar-refractivity contribution < 1.29 is 275 Å². The Hall–Kier alpha value is 6.03. The third-order valence-electron chi connectivity index (χ3n) is 1.50. The summed E-state index contributed by atoms with van der Waals surface area (Å²) >= 11 is 0. The fourth-order valence-corrected chi connectivity index (χ4v) is 4.33. The molecule has 0 unspecified atom stereocenters. The summed E-state index contributed by atoms with van der Waals surface area (Å²) in [5.74, 6) is 0. The molecular weight excluding hydrogens is 537 g/mol. The van der Waals surface area contributed by atoms with Crippen molar-refractivity contribution in [3.63, 3.8) is 0 Å². The quantitative estimate of drug-likeness (QED) is 0.184. The summed E-state index contributed by atoms with van der Waals surface area (Å²) in [5, 5.41) is 0. The summed E-state index contributed by atoms with van der Waals surface area (Å²) in [6, 6.07) is 0. The summed E-state index contributed by atoms with van der Waals surface area (Å²) in [5.41, 5.74) is 0. The van der Waals surface area contributed by atoms with Gasteiger partial charge in [0, 0.05) is 0 Å². The van der Waals surface area contributed by atoms with Gasteiger partial charge in [-0.05, 0) is 0 Å². The summed E-state index contributed by atoms with van der Waals surface area (Å²) in [4.78, 5) is 6.05. The molecule has 1 rings (SSSR count). The molecule has 16 nitrogen and oxygen atoms in total. The van der Waals surface area contributed by atoms with E-state index in [9.17, 15) is 51.9 Å². The van der Waals surface area contributed by atoms with Crippen molar-refractivity contribution in [3.8, 4) is 0 Å². The summed E-state index contributed by atoms with van der Waals surface area (Å²) in [7, 11) is -26.2. The molecule has 24 heteroatoms. The predicted octanol–water partition coefficient (Wildman–Crippen LogP) is -16.8. The number of hydrogen-bond donors (Lipinski definition) is 0. The maximum absolute atomic E-state index is 10.5. The van der Waals surface area contributed by atoms with E-state index in [2.05, 4.69) is 9.88 Å². The second-order valence-corrected chi connectivity index (χ2v) is 8.58. The molecule has 0 atom stereocenters. The van der Waals surface area contributed by atoms with E-state index < -0.39 is 48.5 Å². The molecule has 1 fully saturated rings. The second kappa shape index (κ2) is 11.8. The van der Waals surface area contributed by atoms with Crippen LogP contribution >= 0.6 is 0 Å². The summed E-state index contributed by atoms with van der Waals surface area (Å²) in [6.07, 6.45) is 0. The van der Waals surface area contributed by atoms with Crippen molar-refractivity contribution in [2.45, 2.75) is 0 Å². The number of quaternary nitrogens is 2. The molecule has 1 aliphatic rings. The molecule has 0 spiro atoms. The monoisotopic (exact) mass is 536 g/mol. The minimum atomic E-state index is -6.56. The minimum absolute atomic E-state index is 0. The average molecular weight is 537 g/mol. The Kier molecular flexibility index (Phi) is 18.3. The molecule has 120 valence electrons. The number of nitrogens with zero attached hydrogens (tertiary/aromatic N) is 2. The van der Waals surface area contributed by atoms with Crippen molar-refractivity contribution >= 4 is 41.2 Å². The third-order valence-corrected chi connectivity index (χ3v) is 6.41. The van der Waals surface area contributed by atoms with Gasteiger partial charge in [0.25, 0.3) is 7.24 Å². The molecule has 0 aliphatic carbocycles. The normalized spacial score (nSPS) is 19.2. The Morgan fingerprint density at radius 2 is 0.583 bits per heavy atom. The van der Waals surface area contributed by atoms with Crippen molar-refractivity contribution in [3.05, 3.63) is 0 Å². The Morgan fingerprint density at radius 3 is 0.667 bits per heavy atom. The van der Waals surface area contributed by atoms with Gasteiger partial charge >= 0.3 is 247 Å². The van der Waals surface area contributed by atoms with Gasteiger partial charge in [-0.2, -0.15) is 33.7 Å². The zero-order valence-corrected chi connectivity index (χ0v) is 28.0. The predicted molar refractivity (Wildman–Crippen MR) is 41.5 cm³/mol. The van der Waals surface area contributed by atoms with Crippen LogP contribution in [-0.4, -0.2) is 59.1 Å². The van der Waals surface area contributed by atoms with Crippen molar-refractivity contribution in [2.75, 3.05) is 0 Å². The minimum Gasteiger partial charge on any atom is -0.695 e. The van der Waals surface area contributed by atoms with Gasteiger partial charge < -0.3 is 18.2 Å². The second-order valence-electron chi connectivity index (χ2n) is 2.77. The number of rotatable bonds is 4. The van der Waals surface area contributed by atoms with Gasteiger partial charge in [0.15, 0.2) is 0 Å². The van der Waals surface area contributed by atoms with Gasteiger partial charge in [-0.3, -0.25) is 0 Å². The van der Waals surface area contributed by atoms with E-state index in [-0.39, 0.29) is 206 Å². The summed E-state index contributed by atoms with van der Waals surface area (Å²) < 4.78 is 118. The van der Waals surface area contributed by atoms with Crippen LogP contribution in [0.3, 0.4) is 0 Å². The van der Waals surface area contributed by atoms with Gasteiger partial charge in [0.1, 0.15) is 9.88 Å². The van der Waals surface area contributed by atoms with Crippen LogP contribution < -0.4 is 206 Å². The van der Waals surface area contributed by atoms with E-state index in [1.165, 1.54) is 0 Å². The molecule has 0 N–H and O–H groups in total. The first-order valence-corrected chi connectivity index (χ1v) is 8.92. The van der Waals surface area contributed by atoms with E-state index >= 15 is 0 Å². The Labute approximate surface area is 306 Å². The van der Waals surface area contributed by atoms with Crippen LogP contribution in [0.4, 0.5) is 0 Å². The molecule has 0 aromatic rings. The van der Waals surface area contributed by atoms with E-state index in [4.69, 9.17) is 0 Å². The molecule has 1 aliphatic heterocycles. The Morgan fingerprint density at radius 1 is 0.458 bits per heavy atom. The first kappa shape index (κ1) is 37.3. The maximum Gasteiger partial charge on any atom is 1.00 e. The Balaban J connectivity index is -0.000000500. The van der Waals surface area contributed by atoms with Crippen molar-refractivity contribution in [1.29, 1.82) is 0 Å². The van der Waals surface area contributed by atoms with E-state index in [0.29, 0.717) is 0 Å². The molecular formula is K4N2O14S4+2. The standard InChI is InChI=1S/4K.H2N2O14S4/c;;;;3-17(4,5)1(18(6,7)8)15-2(16-1,19(9,10)11)20(12,13)14/h;;;;(H2-2,3,4,5,6,7,8,9,10,11,12,13,14)/q4*+1;/p-2. The average Bonchev–Trinajstić information content (AvgIpc) is 1.87. The van der Waals surface area contributed by atoms with Crippen LogP contribution in [0, 0.1) is 0 Å². The zero-order valence-electron chi connectivity index (χ0n) is 12.2. The Bertz CT molecular complexity index is 704. The van der Waals surface area contributed by atoms with Crippen LogP contribution in [-0.2, 0) is 51.1 Å². The van der Waals surface area contributed by atoms with Crippen LogP contribution in [0.2, 0.25) is 0 Å². The molecule has 0 bridgehead atoms. The molecule has 0 radical (unpaired) electrons. The van der Waals surface area contributed by atoms with Gasteiger partial charge in [-0.15, -0.1) is 0 Å². The molecule has 0 saturated carbocycles. The topological polar surface area (TPSA) is 247 Å². The van der Waals surface area contributed by atoms with E-state index in [1.54, 1.807) is 0 Å². The smallest absolute Gasteiger partial charge is 0.695 e. The van der Waals surface area contributed by atoms with Crippen molar-refractivity contribution in [1.82, 2.24) is 0 Å². The molecule has 1 heterocycles. The zero-order chi connectivity index (χ0) is 16.4. The van der Waals surface area contributed by atoms with Crippen LogP contribution in [0.1, 0.15) is 0 Å². The fraction of sp³-hybridized carbons (Fsp3) is 0. The van der Waals surface area contributed by atoms with Gasteiger partial charge in [0.2, 0.25) is 0 Å². The maximum atomic E-state index is 10.5. The van der Waals surface area contributed by atoms with Crippen LogP contribution in [0.15, 0.2) is 0 Å². The molecule has 0 aromatic heterocycles. The molecule has 24 heavy (non-hydrogen) atoms. The summed E-state index contributed by atoms with van der Waals surface area (Å²) in [6.45, 7) is 0. The van der Waals surface area contributed by atoms with Gasteiger partial charge in [-0.25, -0.2) is 0 Å². The van der Waals surface area contributed by atoms with Crippen LogP contribution in [0.5, 0.6) is 0 Å². The molecule has 1 saturated heterocycles. The number of hydrogen-bond acceptors (Lipinski definition) is 14. The van der Waals surface area contributed by atoms with E-state index in [1.807, 2.05) is 0 Å². The first-order valence-electron chi connectivity index (χ1n) is 3.46. The van der Waals surface area contributed by atoms with Crippen LogP contribution in [0.25, 0.3) is 0 Å². The first-order chi connectivity index (χ1) is 8.41. The van der Waals surface area contributed by atoms with Crippen molar-refractivity contribution in [2.24, 2.45) is 0 Å². The third kappa shape index (κ3) is 7.01. The SMILES string of the molecule is O=S(=O)([O-])[N+]1(S(=O)(=O)[O-])O[N+](S(=O)(=O)[O-])(S(=O)(=O)[O-])O1.[K+].[K+].[K+].[K+]. The van der Waals surface area contributed by atoms with Gasteiger partial charge in [0.05, 0.1) is 0 Å². The largest absolute Gasteiger partial charge is 1.00 e. The fourth-order valence-electron chi connectivity index (χ4n) is 0.801.